The first-order chi connectivity index (χ1) is 21.0. The van der Waals surface area contributed by atoms with Crippen molar-refractivity contribution in [2.24, 2.45) is 0 Å². The van der Waals surface area contributed by atoms with E-state index in [-0.39, 0.29) is 33.2 Å². The zero-order chi connectivity index (χ0) is 43.3. The molecule has 4 saturated heterocycles. The number of halogens is 16. The minimum absolute atomic E-state index is 0.286. The van der Waals surface area contributed by atoms with Gasteiger partial charge in [0.1, 0.15) is 0 Å². The SMILES string of the molecule is C[N+]1(C)CC[N+](C)(C)[Si-2]1(Cl)(Cl)(Cl)Cl.C[N+]1(C)CC[N+](C)(C)[Si-2]1(Cl)(Cl)(Cl)Cl.C[N+]1(C)CC[N+](C)(C)[Si-2]1(Cl)(Cl)(Cl)Cl.C[N+]1(C)CC[N+](C)(C)[Si-2]1(Cl)(Cl)(Cl)Cl. The van der Waals surface area contributed by atoms with Crippen LogP contribution in [0.2, 0.25) is 0 Å². The fraction of sp³-hybridized carbons (Fsp3) is 1.00. The quantitative estimate of drug-likeness (QED) is 0.168. The molecule has 0 aromatic heterocycles. The molecule has 0 aromatic carbocycles. The third-order valence-electron chi connectivity index (χ3n) is 14.4. The molecule has 8 nitrogen and oxygen atoms in total. The summed E-state index contributed by atoms with van der Waals surface area (Å²) in [5.74, 6) is 0. The molecule has 0 N–H and O–H groups in total. The zero-order valence-electron chi connectivity index (χ0n) is 33.3. The first kappa shape index (κ1) is 55.2. The van der Waals surface area contributed by atoms with Crippen molar-refractivity contribution in [1.82, 2.24) is 0 Å². The molecule has 0 unspecified atom stereocenters. The van der Waals surface area contributed by atoms with E-state index in [1.807, 2.05) is 113 Å². The van der Waals surface area contributed by atoms with Gasteiger partial charge in [-0.2, -0.15) is 0 Å². The molecule has 0 aromatic rings. The molecule has 28 heteroatoms. The second-order valence-corrected chi connectivity index (χ2v) is 96.8. The molecule has 0 radical (unpaired) electrons. The fourth-order valence-corrected chi connectivity index (χ4v) is 25.0. The summed E-state index contributed by atoms with van der Waals surface area (Å²) in [5.41, 5.74) is 0. The summed E-state index contributed by atoms with van der Waals surface area (Å²) in [5, 5.41) is 0. The van der Waals surface area contributed by atoms with Gasteiger partial charge in [0.2, 0.25) is 0 Å². The van der Waals surface area contributed by atoms with Crippen molar-refractivity contribution in [2.75, 3.05) is 165 Å². The second kappa shape index (κ2) is 11.7. The number of hydrogen-bond donors (Lipinski definition) is 0. The molecule has 0 bridgehead atoms. The van der Waals surface area contributed by atoms with Gasteiger partial charge in [-0.1, -0.05) is 0 Å². The number of likely N-dealkylation sites (N-methyl/N-ethyl adjacent to an activating group) is 8. The Kier molecular flexibility index (Phi) is 12.4. The average Bonchev–Trinajstić information content (AvgIpc) is 3.09. The summed E-state index contributed by atoms with van der Waals surface area (Å²) in [6, 6.07) is 0. The number of quaternary nitrogens is 8. The van der Waals surface area contributed by atoms with E-state index in [9.17, 15) is 0 Å². The second-order valence-electron chi connectivity index (χ2n) is 20.1. The fourth-order valence-electron chi connectivity index (χ4n) is 6.68. The van der Waals surface area contributed by atoms with Crippen LogP contribution in [-0.2, 0) is 0 Å². The van der Waals surface area contributed by atoms with Crippen molar-refractivity contribution in [3.05, 3.63) is 0 Å². The van der Waals surface area contributed by atoms with Crippen LogP contribution in [0, 0.1) is 0 Å². The van der Waals surface area contributed by atoms with Crippen molar-refractivity contribution in [3.63, 3.8) is 0 Å². The molecule has 4 heterocycles. The first-order valence-electron chi connectivity index (χ1n) is 16.5. The van der Waals surface area contributed by atoms with Gasteiger partial charge in [0, 0.05) is 0 Å². The Morgan fingerprint density at radius 3 is 0.269 bits per heavy atom. The minimum atomic E-state index is -4.62. The Bertz CT molecular complexity index is 1200. The molecule has 4 fully saturated rings. The molecular formula is C24H64Cl16N8Si4. The topological polar surface area (TPSA) is 0 Å². The Labute approximate surface area is 387 Å². The monoisotopic (exact) mass is 1140 g/mol. The van der Waals surface area contributed by atoms with Crippen LogP contribution in [0.5, 0.6) is 0 Å². The predicted octanol–water partition coefficient (Wildman–Crippen LogP) is 9.78. The Morgan fingerprint density at radius 2 is 0.250 bits per heavy atom. The van der Waals surface area contributed by atoms with E-state index >= 15 is 0 Å². The van der Waals surface area contributed by atoms with Crippen LogP contribution < -0.4 is 0 Å². The zero-order valence-corrected chi connectivity index (χ0v) is 49.4. The molecule has 52 heavy (non-hydrogen) atoms. The van der Waals surface area contributed by atoms with Gasteiger partial charge in [-0.25, -0.2) is 0 Å². The summed E-state index contributed by atoms with van der Waals surface area (Å²) in [4.78, 5) is 0. The van der Waals surface area contributed by atoms with Crippen molar-refractivity contribution >= 4 is 194 Å². The van der Waals surface area contributed by atoms with Crippen LogP contribution >= 0.6 is 177 Å². The van der Waals surface area contributed by atoms with E-state index in [0.717, 1.165) is 52.4 Å². The number of rotatable bonds is 0. The normalized spacial score (nSPS) is 42.5. The van der Waals surface area contributed by atoms with Gasteiger partial charge >= 0.3 is 392 Å². The Morgan fingerprint density at radius 1 is 0.192 bits per heavy atom. The molecular weight excluding hydrogens is 1080 g/mol. The van der Waals surface area contributed by atoms with E-state index < -0.39 is 16.8 Å². The maximum atomic E-state index is 6.46. The third kappa shape index (κ3) is 6.91. The van der Waals surface area contributed by atoms with Crippen LogP contribution in [0.15, 0.2) is 0 Å². The summed E-state index contributed by atoms with van der Waals surface area (Å²) in [7, 11) is 30.2. The summed E-state index contributed by atoms with van der Waals surface area (Å²) in [6.45, 7) is 6.31. The van der Waals surface area contributed by atoms with Crippen molar-refractivity contribution in [2.45, 2.75) is 0 Å². The maximum absolute atomic E-state index is 6.46. The summed E-state index contributed by atoms with van der Waals surface area (Å²) >= 11 is 103. The molecule has 0 amide bonds. The van der Waals surface area contributed by atoms with Crippen LogP contribution in [-0.4, -0.2) is 215 Å². The number of nitrogens with zero attached hydrogens (tertiary/aromatic N) is 8. The summed E-state index contributed by atoms with van der Waals surface area (Å²) in [6.07, 6.45) is 0. The van der Waals surface area contributed by atoms with Crippen LogP contribution in [0.25, 0.3) is 0 Å². The Hall–Kier alpha value is 5.19. The van der Waals surface area contributed by atoms with Gasteiger partial charge in [-0.05, 0) is 0 Å². The van der Waals surface area contributed by atoms with Crippen molar-refractivity contribution in [3.8, 4) is 0 Å². The molecule has 4 rings (SSSR count). The van der Waals surface area contributed by atoms with E-state index in [4.69, 9.17) is 177 Å². The molecule has 0 spiro atoms. The van der Waals surface area contributed by atoms with Crippen LogP contribution in [0.3, 0.4) is 0 Å². The van der Waals surface area contributed by atoms with Gasteiger partial charge < -0.3 is 0 Å². The predicted molar refractivity (Wildman–Crippen MR) is 252 cm³/mol. The van der Waals surface area contributed by atoms with E-state index in [0.29, 0.717) is 0 Å². The molecule has 0 aliphatic carbocycles. The summed E-state index contributed by atoms with van der Waals surface area (Å²) < 4.78 is -16.2. The van der Waals surface area contributed by atoms with E-state index in [1.54, 1.807) is 0 Å². The average molecular weight is 1140 g/mol. The van der Waals surface area contributed by atoms with Crippen molar-refractivity contribution in [1.29, 1.82) is 0 Å². The van der Waals surface area contributed by atoms with Gasteiger partial charge in [0.15, 0.2) is 0 Å². The number of hydrogen-bond acceptors (Lipinski definition) is 0. The van der Waals surface area contributed by atoms with Gasteiger partial charge in [0.05, 0.1) is 0 Å². The van der Waals surface area contributed by atoms with Gasteiger partial charge in [-0.15, -0.1) is 0 Å². The molecule has 0 atom stereocenters. The van der Waals surface area contributed by atoms with E-state index in [1.165, 1.54) is 0 Å². The Balaban J connectivity index is 0.000000347. The molecule has 328 valence electrons. The van der Waals surface area contributed by atoms with Crippen LogP contribution in [0.1, 0.15) is 0 Å². The molecule has 4 aliphatic rings. The van der Waals surface area contributed by atoms with Crippen LogP contribution in [0.4, 0.5) is 0 Å². The van der Waals surface area contributed by atoms with E-state index in [2.05, 4.69) is 0 Å². The van der Waals surface area contributed by atoms with Gasteiger partial charge in [0.25, 0.3) is 0 Å². The first-order valence-corrected chi connectivity index (χ1v) is 44.3. The third-order valence-corrected chi connectivity index (χ3v) is 79.1. The van der Waals surface area contributed by atoms with Crippen molar-refractivity contribution < 1.29 is 33.2 Å². The molecule has 4 aliphatic heterocycles. The molecule has 0 saturated carbocycles. The standard InChI is InChI=1S/4C6H16Cl4N2Si/c4*1-11(2)5-6-12(3,4)13(11,7,8,9)10/h4*5-6H2,1-4H3. The van der Waals surface area contributed by atoms with Gasteiger partial charge in [-0.3, -0.25) is 0 Å².